The van der Waals surface area contributed by atoms with Crippen LogP contribution in [0, 0.1) is 0 Å². The van der Waals surface area contributed by atoms with Crippen LogP contribution < -0.4 is 14.7 Å². The third kappa shape index (κ3) is 4.64. The van der Waals surface area contributed by atoms with Crippen molar-refractivity contribution in [2.24, 2.45) is 0 Å². The minimum absolute atomic E-state index is 0.127. The highest BCUT2D eigenvalue weighted by Crippen LogP contribution is 2.37. The summed E-state index contributed by atoms with van der Waals surface area (Å²) >= 11 is 0. The zero-order chi connectivity index (χ0) is 22.9. The average molecular weight is 438 g/mol. The Balaban J connectivity index is 1.51. The van der Waals surface area contributed by atoms with Gasteiger partial charge in [-0.1, -0.05) is 12.1 Å². The molecule has 0 spiro atoms. The molecular weight excluding hydrogens is 406 g/mol. The minimum Gasteiger partial charge on any atom is -0.443 e. The number of hydrogen-bond acceptors (Lipinski definition) is 6. The standard InChI is InChI=1S/C24H31N5O3/c1-18(30)26-11-13-27(14-12-26)19-9-10-22(25-17-19)28-15-16-29(23(31)32-24(2,3)4)21-8-6-5-7-20(21)28/h5-10,17H,11-16H2,1-4H3. The Bertz CT molecular complexity index is 978. The number of hydrogen-bond donors (Lipinski definition) is 0. The van der Waals surface area contributed by atoms with Crippen molar-refractivity contribution < 1.29 is 14.3 Å². The first-order valence-corrected chi connectivity index (χ1v) is 11.1. The maximum atomic E-state index is 12.7. The highest BCUT2D eigenvalue weighted by Gasteiger charge is 2.31. The molecule has 0 bridgehead atoms. The maximum absolute atomic E-state index is 12.7. The molecule has 2 aliphatic heterocycles. The zero-order valence-electron chi connectivity index (χ0n) is 19.2. The van der Waals surface area contributed by atoms with Gasteiger partial charge in [0.05, 0.1) is 23.3 Å². The summed E-state index contributed by atoms with van der Waals surface area (Å²) in [6, 6.07) is 11.9. The number of aromatic nitrogens is 1. The number of carbonyl (C=O) groups excluding carboxylic acids is 2. The molecule has 8 heteroatoms. The number of pyridine rings is 1. The summed E-state index contributed by atoms with van der Waals surface area (Å²) in [5, 5.41) is 0. The van der Waals surface area contributed by atoms with Crippen LogP contribution in [0.5, 0.6) is 0 Å². The van der Waals surface area contributed by atoms with Crippen LogP contribution in [-0.2, 0) is 9.53 Å². The highest BCUT2D eigenvalue weighted by molar-refractivity contribution is 5.95. The molecule has 2 aromatic rings. The average Bonchev–Trinajstić information content (AvgIpc) is 2.77. The number of ether oxygens (including phenoxy) is 1. The van der Waals surface area contributed by atoms with Gasteiger partial charge in [0.2, 0.25) is 5.91 Å². The molecular formula is C24H31N5O3. The van der Waals surface area contributed by atoms with E-state index in [4.69, 9.17) is 9.72 Å². The first-order chi connectivity index (χ1) is 15.2. The zero-order valence-corrected chi connectivity index (χ0v) is 19.2. The van der Waals surface area contributed by atoms with Crippen molar-refractivity contribution in [3.8, 4) is 0 Å². The molecule has 0 aliphatic carbocycles. The van der Waals surface area contributed by atoms with Gasteiger partial charge in [-0.05, 0) is 45.0 Å². The van der Waals surface area contributed by atoms with Crippen LogP contribution in [0.2, 0.25) is 0 Å². The second-order valence-corrected chi connectivity index (χ2v) is 9.14. The summed E-state index contributed by atoms with van der Waals surface area (Å²) in [6.45, 7) is 11.5. The molecule has 1 aromatic heterocycles. The number of fused-ring (bicyclic) bond motifs is 1. The Morgan fingerprint density at radius 2 is 1.59 bits per heavy atom. The van der Waals surface area contributed by atoms with Crippen LogP contribution in [0.1, 0.15) is 27.7 Å². The van der Waals surface area contributed by atoms with E-state index in [0.717, 1.165) is 49.1 Å². The molecule has 32 heavy (non-hydrogen) atoms. The van der Waals surface area contributed by atoms with Crippen LogP contribution in [-0.4, -0.2) is 66.8 Å². The normalized spacial score (nSPS) is 16.6. The molecule has 3 heterocycles. The van der Waals surface area contributed by atoms with Crippen molar-refractivity contribution in [1.29, 1.82) is 0 Å². The highest BCUT2D eigenvalue weighted by atomic mass is 16.6. The molecule has 0 unspecified atom stereocenters. The van der Waals surface area contributed by atoms with E-state index in [1.54, 1.807) is 11.8 Å². The van der Waals surface area contributed by atoms with E-state index >= 15 is 0 Å². The monoisotopic (exact) mass is 437 g/mol. The SMILES string of the molecule is CC(=O)N1CCN(c2ccc(N3CCN(C(=O)OC(C)(C)C)c4ccccc43)nc2)CC1. The van der Waals surface area contributed by atoms with Crippen molar-refractivity contribution >= 4 is 34.9 Å². The molecule has 0 saturated carbocycles. The van der Waals surface area contributed by atoms with E-state index in [1.807, 2.05) is 62.2 Å². The molecule has 8 nitrogen and oxygen atoms in total. The number of rotatable bonds is 2. The molecule has 1 fully saturated rings. The molecule has 1 aromatic carbocycles. The van der Waals surface area contributed by atoms with Crippen LogP contribution in [0.15, 0.2) is 42.6 Å². The molecule has 2 amide bonds. The second-order valence-electron chi connectivity index (χ2n) is 9.14. The van der Waals surface area contributed by atoms with E-state index in [2.05, 4.69) is 15.9 Å². The summed E-state index contributed by atoms with van der Waals surface area (Å²) in [5.74, 6) is 0.967. The summed E-state index contributed by atoms with van der Waals surface area (Å²) in [7, 11) is 0. The summed E-state index contributed by atoms with van der Waals surface area (Å²) in [6.07, 6.45) is 1.55. The van der Waals surface area contributed by atoms with Gasteiger partial charge in [-0.25, -0.2) is 9.78 Å². The van der Waals surface area contributed by atoms with Crippen molar-refractivity contribution in [2.45, 2.75) is 33.3 Å². The number of anilines is 4. The lowest BCUT2D eigenvalue weighted by Gasteiger charge is -2.38. The fourth-order valence-corrected chi connectivity index (χ4v) is 4.11. The maximum Gasteiger partial charge on any atom is 0.414 e. The lowest BCUT2D eigenvalue weighted by atomic mass is 10.1. The predicted octanol–water partition coefficient (Wildman–Crippen LogP) is 3.64. The topological polar surface area (TPSA) is 69.2 Å². The fraction of sp³-hybridized carbons (Fsp3) is 0.458. The lowest BCUT2D eigenvalue weighted by molar-refractivity contribution is -0.129. The first kappa shape index (κ1) is 21.9. The number of para-hydroxylation sites is 2. The van der Waals surface area contributed by atoms with Gasteiger partial charge in [-0.2, -0.15) is 0 Å². The van der Waals surface area contributed by atoms with Crippen LogP contribution in [0.4, 0.5) is 27.7 Å². The van der Waals surface area contributed by atoms with Gasteiger partial charge in [0.15, 0.2) is 0 Å². The summed E-state index contributed by atoms with van der Waals surface area (Å²) in [5.41, 5.74) is 2.26. The Hall–Kier alpha value is -3.29. The van der Waals surface area contributed by atoms with Gasteiger partial charge in [-0.15, -0.1) is 0 Å². The summed E-state index contributed by atoms with van der Waals surface area (Å²) < 4.78 is 5.60. The van der Waals surface area contributed by atoms with Gasteiger partial charge in [0.25, 0.3) is 0 Å². The number of benzene rings is 1. The Labute approximate surface area is 189 Å². The first-order valence-electron chi connectivity index (χ1n) is 11.1. The van der Waals surface area contributed by atoms with Crippen LogP contribution >= 0.6 is 0 Å². The molecule has 0 N–H and O–H groups in total. The third-order valence-electron chi connectivity index (χ3n) is 5.72. The molecule has 0 radical (unpaired) electrons. The number of piperazine rings is 1. The van der Waals surface area contributed by atoms with Crippen molar-refractivity contribution in [3.05, 3.63) is 42.6 Å². The van der Waals surface area contributed by atoms with Crippen molar-refractivity contribution in [3.63, 3.8) is 0 Å². The minimum atomic E-state index is -0.545. The fourth-order valence-electron chi connectivity index (χ4n) is 4.11. The van der Waals surface area contributed by atoms with Gasteiger partial charge < -0.3 is 19.4 Å². The van der Waals surface area contributed by atoms with Gasteiger partial charge in [0.1, 0.15) is 11.4 Å². The van der Waals surface area contributed by atoms with Crippen molar-refractivity contribution in [2.75, 3.05) is 54.0 Å². The largest absolute Gasteiger partial charge is 0.443 e. The van der Waals surface area contributed by atoms with E-state index in [0.29, 0.717) is 13.1 Å². The van der Waals surface area contributed by atoms with Crippen molar-refractivity contribution in [1.82, 2.24) is 9.88 Å². The Morgan fingerprint density at radius 3 is 2.19 bits per heavy atom. The molecule has 1 saturated heterocycles. The summed E-state index contributed by atoms with van der Waals surface area (Å²) in [4.78, 5) is 37.0. The number of amides is 2. The Kier molecular flexibility index (Phi) is 5.95. The predicted molar refractivity (Wildman–Crippen MR) is 126 cm³/mol. The van der Waals surface area contributed by atoms with Crippen LogP contribution in [0.25, 0.3) is 0 Å². The van der Waals surface area contributed by atoms with E-state index in [-0.39, 0.29) is 12.0 Å². The number of carbonyl (C=O) groups is 2. The lowest BCUT2D eigenvalue weighted by Crippen LogP contribution is -2.48. The van der Waals surface area contributed by atoms with E-state index in [9.17, 15) is 9.59 Å². The van der Waals surface area contributed by atoms with Gasteiger partial charge >= 0.3 is 6.09 Å². The Morgan fingerprint density at radius 1 is 0.906 bits per heavy atom. The third-order valence-corrected chi connectivity index (χ3v) is 5.72. The smallest absolute Gasteiger partial charge is 0.414 e. The van der Waals surface area contributed by atoms with Gasteiger partial charge in [0, 0.05) is 46.2 Å². The number of nitrogens with zero attached hydrogens (tertiary/aromatic N) is 5. The second kappa shape index (κ2) is 8.68. The van der Waals surface area contributed by atoms with E-state index in [1.165, 1.54) is 0 Å². The molecule has 2 aliphatic rings. The molecule has 4 rings (SSSR count). The molecule has 0 atom stereocenters. The van der Waals surface area contributed by atoms with Crippen LogP contribution in [0.3, 0.4) is 0 Å². The quantitative estimate of drug-likeness (QED) is 0.715. The van der Waals surface area contributed by atoms with Gasteiger partial charge in [-0.3, -0.25) is 9.69 Å². The molecule has 170 valence electrons. The van der Waals surface area contributed by atoms with E-state index < -0.39 is 5.60 Å².